The summed E-state index contributed by atoms with van der Waals surface area (Å²) in [6.45, 7) is 7.61. The quantitative estimate of drug-likeness (QED) is 0.444. The van der Waals surface area contributed by atoms with Crippen LogP contribution in [0.1, 0.15) is 12.1 Å². The van der Waals surface area contributed by atoms with Gasteiger partial charge >= 0.3 is 5.69 Å². The summed E-state index contributed by atoms with van der Waals surface area (Å²) < 4.78 is 1.54. The van der Waals surface area contributed by atoms with E-state index in [1.165, 1.54) is 4.68 Å². The van der Waals surface area contributed by atoms with Gasteiger partial charge in [-0.3, -0.25) is 10.1 Å². The predicted octanol–water partition coefficient (Wildman–Crippen LogP) is 0.344. The lowest BCUT2D eigenvalue weighted by Gasteiger charge is -2.27. The standard InChI is InChI=1S/C12H22N6O2/c1-10-11(18(19)20)12(16(2)15-10)14-4-3-7-17-8-5-13-6-9-17/h13-14H,3-9H2,1-2H3. The Morgan fingerprint density at radius 3 is 2.80 bits per heavy atom. The van der Waals surface area contributed by atoms with Crippen LogP contribution in [0.15, 0.2) is 0 Å². The Kier molecular flexibility index (Phi) is 4.91. The van der Waals surface area contributed by atoms with Gasteiger partial charge in [0.1, 0.15) is 5.69 Å². The fraction of sp³-hybridized carbons (Fsp3) is 0.750. The number of hydrogen-bond donors (Lipinski definition) is 2. The van der Waals surface area contributed by atoms with Crippen molar-refractivity contribution in [2.75, 3.05) is 44.6 Å². The van der Waals surface area contributed by atoms with Crippen molar-refractivity contribution in [3.63, 3.8) is 0 Å². The number of aryl methyl sites for hydroxylation is 2. The maximum atomic E-state index is 11.0. The maximum absolute atomic E-state index is 11.0. The monoisotopic (exact) mass is 282 g/mol. The molecule has 0 bridgehead atoms. The van der Waals surface area contributed by atoms with E-state index in [0.717, 1.165) is 39.1 Å². The second kappa shape index (κ2) is 6.67. The second-order valence-electron chi connectivity index (χ2n) is 5.04. The molecular weight excluding hydrogens is 260 g/mol. The molecule has 1 aromatic rings. The van der Waals surface area contributed by atoms with Crippen LogP contribution < -0.4 is 10.6 Å². The molecule has 0 spiro atoms. The number of nitrogens with zero attached hydrogens (tertiary/aromatic N) is 4. The van der Waals surface area contributed by atoms with Gasteiger partial charge in [-0.2, -0.15) is 5.10 Å². The zero-order chi connectivity index (χ0) is 14.5. The summed E-state index contributed by atoms with van der Waals surface area (Å²) >= 11 is 0. The summed E-state index contributed by atoms with van der Waals surface area (Å²) in [7, 11) is 1.72. The van der Waals surface area contributed by atoms with E-state index in [-0.39, 0.29) is 10.6 Å². The smallest absolute Gasteiger partial charge is 0.333 e. The van der Waals surface area contributed by atoms with E-state index in [2.05, 4.69) is 20.6 Å². The number of piperazine rings is 1. The van der Waals surface area contributed by atoms with Crippen LogP contribution in [-0.4, -0.2) is 58.9 Å². The lowest BCUT2D eigenvalue weighted by Crippen LogP contribution is -2.44. The molecule has 8 heteroatoms. The molecule has 0 unspecified atom stereocenters. The van der Waals surface area contributed by atoms with Crippen molar-refractivity contribution in [1.82, 2.24) is 20.0 Å². The third kappa shape index (κ3) is 3.45. The largest absolute Gasteiger partial charge is 0.364 e. The van der Waals surface area contributed by atoms with Gasteiger partial charge in [-0.05, 0) is 19.9 Å². The molecule has 2 N–H and O–H groups in total. The first-order valence-corrected chi connectivity index (χ1v) is 6.94. The number of nitrogens with one attached hydrogen (secondary N) is 2. The maximum Gasteiger partial charge on any atom is 0.333 e. The van der Waals surface area contributed by atoms with Crippen LogP contribution in [0.25, 0.3) is 0 Å². The van der Waals surface area contributed by atoms with Crippen LogP contribution in [0.2, 0.25) is 0 Å². The first kappa shape index (κ1) is 14.7. The van der Waals surface area contributed by atoms with Gasteiger partial charge in [-0.25, -0.2) is 4.68 Å². The Morgan fingerprint density at radius 1 is 1.45 bits per heavy atom. The molecule has 2 heterocycles. The molecule has 1 aliphatic heterocycles. The molecule has 1 fully saturated rings. The topological polar surface area (TPSA) is 88.3 Å². The zero-order valence-corrected chi connectivity index (χ0v) is 12.1. The molecule has 8 nitrogen and oxygen atoms in total. The molecule has 112 valence electrons. The average molecular weight is 282 g/mol. The second-order valence-corrected chi connectivity index (χ2v) is 5.04. The van der Waals surface area contributed by atoms with E-state index in [9.17, 15) is 10.1 Å². The van der Waals surface area contributed by atoms with Gasteiger partial charge in [0.05, 0.1) is 4.92 Å². The van der Waals surface area contributed by atoms with Crippen molar-refractivity contribution in [3.05, 3.63) is 15.8 Å². The lowest BCUT2D eigenvalue weighted by molar-refractivity contribution is -0.384. The van der Waals surface area contributed by atoms with Crippen LogP contribution in [0.3, 0.4) is 0 Å². The van der Waals surface area contributed by atoms with E-state index in [1.54, 1.807) is 14.0 Å². The van der Waals surface area contributed by atoms with Gasteiger partial charge in [0.2, 0.25) is 5.82 Å². The molecule has 1 saturated heterocycles. The first-order valence-electron chi connectivity index (χ1n) is 6.94. The minimum absolute atomic E-state index is 0.0784. The molecule has 0 aromatic carbocycles. The number of nitro groups is 1. The van der Waals surface area contributed by atoms with Gasteiger partial charge in [0, 0.05) is 39.8 Å². The summed E-state index contributed by atoms with van der Waals surface area (Å²) in [6.07, 6.45) is 0.960. The van der Waals surface area contributed by atoms with E-state index in [1.807, 2.05) is 0 Å². The van der Waals surface area contributed by atoms with E-state index < -0.39 is 0 Å². The Balaban J connectivity index is 1.83. The highest BCUT2D eigenvalue weighted by molar-refractivity contribution is 5.59. The molecule has 20 heavy (non-hydrogen) atoms. The summed E-state index contributed by atoms with van der Waals surface area (Å²) in [6, 6.07) is 0. The molecule has 0 radical (unpaired) electrons. The normalized spacial score (nSPS) is 16.3. The fourth-order valence-electron chi connectivity index (χ4n) is 2.51. The van der Waals surface area contributed by atoms with Crippen LogP contribution in [0.5, 0.6) is 0 Å². The fourth-order valence-corrected chi connectivity index (χ4v) is 2.51. The number of aromatic nitrogens is 2. The summed E-state index contributed by atoms with van der Waals surface area (Å²) in [5.41, 5.74) is 0.525. The Bertz CT molecular complexity index is 467. The molecule has 2 rings (SSSR count). The number of hydrogen-bond acceptors (Lipinski definition) is 6. The summed E-state index contributed by atoms with van der Waals surface area (Å²) in [4.78, 5) is 13.1. The predicted molar refractivity (Wildman–Crippen MR) is 77.0 cm³/mol. The highest BCUT2D eigenvalue weighted by atomic mass is 16.6. The van der Waals surface area contributed by atoms with Crippen LogP contribution in [-0.2, 0) is 7.05 Å². The molecular formula is C12H22N6O2. The average Bonchev–Trinajstić information content (AvgIpc) is 2.70. The minimum atomic E-state index is -0.374. The molecule has 0 saturated carbocycles. The van der Waals surface area contributed by atoms with Crippen LogP contribution >= 0.6 is 0 Å². The lowest BCUT2D eigenvalue weighted by atomic mass is 10.3. The number of anilines is 1. The third-order valence-corrected chi connectivity index (χ3v) is 3.53. The van der Waals surface area contributed by atoms with E-state index >= 15 is 0 Å². The van der Waals surface area contributed by atoms with Crippen molar-refractivity contribution in [2.24, 2.45) is 7.05 Å². The Labute approximate surface area is 118 Å². The third-order valence-electron chi connectivity index (χ3n) is 3.53. The minimum Gasteiger partial charge on any atom is -0.364 e. The van der Waals surface area contributed by atoms with Crippen LogP contribution in [0, 0.1) is 17.0 Å². The van der Waals surface area contributed by atoms with Crippen molar-refractivity contribution in [1.29, 1.82) is 0 Å². The van der Waals surface area contributed by atoms with Crippen molar-refractivity contribution in [3.8, 4) is 0 Å². The summed E-state index contributed by atoms with van der Waals surface area (Å²) in [5, 5.41) is 21.6. The Hall–Kier alpha value is -1.67. The van der Waals surface area contributed by atoms with Gasteiger partial charge in [-0.15, -0.1) is 0 Å². The SMILES string of the molecule is Cc1nn(C)c(NCCCN2CCNCC2)c1[N+](=O)[O-]. The molecule has 0 aliphatic carbocycles. The van der Waals surface area contributed by atoms with E-state index in [4.69, 9.17) is 0 Å². The van der Waals surface area contributed by atoms with Crippen molar-refractivity contribution < 1.29 is 4.92 Å². The number of rotatable bonds is 6. The van der Waals surface area contributed by atoms with Crippen LogP contribution in [0.4, 0.5) is 11.5 Å². The molecule has 1 aliphatic rings. The zero-order valence-electron chi connectivity index (χ0n) is 12.1. The van der Waals surface area contributed by atoms with Crippen molar-refractivity contribution >= 4 is 11.5 Å². The first-order chi connectivity index (χ1) is 9.59. The Morgan fingerprint density at radius 2 is 2.15 bits per heavy atom. The molecule has 0 amide bonds. The molecule has 0 atom stereocenters. The highest BCUT2D eigenvalue weighted by Crippen LogP contribution is 2.26. The van der Waals surface area contributed by atoms with Gasteiger partial charge in [-0.1, -0.05) is 0 Å². The summed E-state index contributed by atoms with van der Waals surface area (Å²) in [5.74, 6) is 0.493. The van der Waals surface area contributed by atoms with E-state index in [0.29, 0.717) is 18.1 Å². The van der Waals surface area contributed by atoms with Gasteiger partial charge in [0.15, 0.2) is 0 Å². The molecule has 1 aromatic heterocycles. The van der Waals surface area contributed by atoms with Crippen molar-refractivity contribution in [2.45, 2.75) is 13.3 Å². The van der Waals surface area contributed by atoms with Gasteiger partial charge < -0.3 is 15.5 Å². The van der Waals surface area contributed by atoms with Gasteiger partial charge in [0.25, 0.3) is 0 Å². The highest BCUT2D eigenvalue weighted by Gasteiger charge is 2.23.